The van der Waals surface area contributed by atoms with Gasteiger partial charge in [-0.3, -0.25) is 9.59 Å². The van der Waals surface area contributed by atoms with Gasteiger partial charge in [-0.2, -0.15) is 0 Å². The molecule has 2 amide bonds. The molecule has 1 aromatic carbocycles. The van der Waals surface area contributed by atoms with Crippen LogP contribution < -0.4 is 5.32 Å². The Morgan fingerprint density at radius 3 is 3.00 bits per heavy atom. The Hall–Kier alpha value is -2.83. The topological polar surface area (TPSA) is 78.7 Å². The first-order valence-electron chi connectivity index (χ1n) is 9.39. The van der Waals surface area contributed by atoms with Crippen LogP contribution in [0.3, 0.4) is 0 Å². The zero-order chi connectivity index (χ0) is 19.0. The van der Waals surface area contributed by atoms with Crippen molar-refractivity contribution in [3.63, 3.8) is 0 Å². The standard InChI is InChI=1S/C20H24N4O3/c1-13-12-27-22-18(13)20(26)23(2)16-7-9-24(11-16)19(25)15-5-6-17-14(10-15)4-3-8-21-17/h5-6,10,12,16,21H,3-4,7-9,11H2,1-2H3. The highest BCUT2D eigenvalue weighted by molar-refractivity contribution is 5.96. The molecule has 1 fully saturated rings. The van der Waals surface area contributed by atoms with Crippen molar-refractivity contribution in [2.45, 2.75) is 32.2 Å². The van der Waals surface area contributed by atoms with Gasteiger partial charge in [-0.05, 0) is 49.9 Å². The van der Waals surface area contributed by atoms with Crippen molar-refractivity contribution in [1.82, 2.24) is 15.0 Å². The third-order valence-electron chi connectivity index (χ3n) is 5.56. The van der Waals surface area contributed by atoms with E-state index in [1.54, 1.807) is 18.9 Å². The first-order chi connectivity index (χ1) is 13.0. The number of rotatable bonds is 3. The van der Waals surface area contributed by atoms with Gasteiger partial charge in [0.15, 0.2) is 5.69 Å². The number of aromatic nitrogens is 1. The van der Waals surface area contributed by atoms with E-state index in [-0.39, 0.29) is 17.9 Å². The second-order valence-corrected chi connectivity index (χ2v) is 7.36. The Morgan fingerprint density at radius 1 is 1.37 bits per heavy atom. The summed E-state index contributed by atoms with van der Waals surface area (Å²) in [5, 5.41) is 7.17. The first-order valence-corrected chi connectivity index (χ1v) is 9.39. The minimum Gasteiger partial charge on any atom is -0.385 e. The average Bonchev–Trinajstić information content (AvgIpc) is 3.35. The molecular weight excluding hydrogens is 344 g/mol. The molecule has 0 bridgehead atoms. The van der Waals surface area contributed by atoms with Crippen LogP contribution >= 0.6 is 0 Å². The van der Waals surface area contributed by atoms with Crippen molar-refractivity contribution in [3.05, 3.63) is 46.8 Å². The van der Waals surface area contributed by atoms with E-state index in [0.29, 0.717) is 18.8 Å². The van der Waals surface area contributed by atoms with Gasteiger partial charge in [0, 0.05) is 43.5 Å². The van der Waals surface area contributed by atoms with Crippen LogP contribution in [-0.4, -0.2) is 59.5 Å². The van der Waals surface area contributed by atoms with Gasteiger partial charge >= 0.3 is 0 Å². The monoisotopic (exact) mass is 368 g/mol. The zero-order valence-corrected chi connectivity index (χ0v) is 15.7. The number of amides is 2. The summed E-state index contributed by atoms with van der Waals surface area (Å²) in [5.74, 6) is -0.134. The molecule has 1 N–H and O–H groups in total. The molecule has 1 atom stereocenters. The lowest BCUT2D eigenvalue weighted by atomic mass is 10.0. The maximum Gasteiger partial charge on any atom is 0.276 e. The Morgan fingerprint density at radius 2 is 2.22 bits per heavy atom. The second-order valence-electron chi connectivity index (χ2n) is 7.36. The fourth-order valence-corrected chi connectivity index (χ4v) is 3.86. The summed E-state index contributed by atoms with van der Waals surface area (Å²) in [7, 11) is 1.76. The lowest BCUT2D eigenvalue weighted by Crippen LogP contribution is -2.40. The third kappa shape index (κ3) is 3.29. The number of nitrogens with zero attached hydrogens (tertiary/aromatic N) is 3. The van der Waals surface area contributed by atoms with Crippen LogP contribution in [0.5, 0.6) is 0 Å². The largest absolute Gasteiger partial charge is 0.385 e. The number of benzene rings is 1. The molecular formula is C20H24N4O3. The smallest absolute Gasteiger partial charge is 0.276 e. The molecule has 142 valence electrons. The van der Waals surface area contributed by atoms with E-state index < -0.39 is 0 Å². The Balaban J connectivity index is 1.44. The molecule has 27 heavy (non-hydrogen) atoms. The summed E-state index contributed by atoms with van der Waals surface area (Å²) < 4.78 is 4.87. The number of hydrogen-bond acceptors (Lipinski definition) is 5. The molecule has 2 aliphatic rings. The van der Waals surface area contributed by atoms with Crippen LogP contribution in [0, 0.1) is 6.92 Å². The number of anilines is 1. The van der Waals surface area contributed by atoms with Crippen LogP contribution in [0.2, 0.25) is 0 Å². The molecule has 1 aromatic heterocycles. The fourth-order valence-electron chi connectivity index (χ4n) is 3.86. The van der Waals surface area contributed by atoms with Crippen molar-refractivity contribution in [2.24, 2.45) is 0 Å². The van der Waals surface area contributed by atoms with Gasteiger partial charge in [-0.15, -0.1) is 0 Å². The quantitative estimate of drug-likeness (QED) is 0.900. The van der Waals surface area contributed by atoms with Crippen LogP contribution in [0.25, 0.3) is 0 Å². The van der Waals surface area contributed by atoms with Gasteiger partial charge in [0.1, 0.15) is 6.26 Å². The number of aryl methyl sites for hydroxylation is 2. The van der Waals surface area contributed by atoms with Crippen molar-refractivity contribution in [3.8, 4) is 0 Å². The predicted octanol–water partition coefficient (Wildman–Crippen LogP) is 2.33. The van der Waals surface area contributed by atoms with Gasteiger partial charge in [-0.1, -0.05) is 5.16 Å². The number of likely N-dealkylation sites (N-methyl/N-ethyl adjacent to an activating group) is 1. The van der Waals surface area contributed by atoms with E-state index in [4.69, 9.17) is 4.52 Å². The summed E-state index contributed by atoms with van der Waals surface area (Å²) in [6, 6.07) is 5.88. The molecule has 7 nitrogen and oxygen atoms in total. The maximum absolute atomic E-state index is 12.9. The van der Waals surface area contributed by atoms with Gasteiger partial charge < -0.3 is 19.6 Å². The van der Waals surface area contributed by atoms with E-state index >= 15 is 0 Å². The number of hydrogen-bond donors (Lipinski definition) is 1. The molecule has 0 saturated carbocycles. The SMILES string of the molecule is Cc1conc1C(=O)N(C)C1CCN(C(=O)c2ccc3c(c2)CCCN3)C1. The van der Waals surface area contributed by atoms with Gasteiger partial charge in [0.05, 0.1) is 6.04 Å². The molecule has 1 unspecified atom stereocenters. The minimum atomic E-state index is -0.166. The van der Waals surface area contributed by atoms with Gasteiger partial charge in [0.25, 0.3) is 11.8 Å². The zero-order valence-electron chi connectivity index (χ0n) is 15.7. The molecule has 7 heteroatoms. The lowest BCUT2D eigenvalue weighted by Gasteiger charge is -2.24. The lowest BCUT2D eigenvalue weighted by molar-refractivity contribution is 0.0693. The third-order valence-corrected chi connectivity index (χ3v) is 5.56. The maximum atomic E-state index is 12.9. The molecule has 2 aliphatic heterocycles. The molecule has 3 heterocycles. The molecule has 4 rings (SSSR count). The number of likely N-dealkylation sites (tertiary alicyclic amines) is 1. The molecule has 0 aliphatic carbocycles. The van der Waals surface area contributed by atoms with Gasteiger partial charge in [-0.25, -0.2) is 0 Å². The molecule has 2 aromatic rings. The summed E-state index contributed by atoms with van der Waals surface area (Å²) in [6.45, 7) is 3.97. The van der Waals surface area contributed by atoms with E-state index in [1.807, 2.05) is 23.1 Å². The fraction of sp³-hybridized carbons (Fsp3) is 0.450. The number of nitrogens with one attached hydrogen (secondary N) is 1. The first kappa shape index (κ1) is 17.6. The molecule has 0 radical (unpaired) electrons. The molecule has 0 spiro atoms. The Kier molecular flexibility index (Phi) is 4.59. The van der Waals surface area contributed by atoms with Crippen LogP contribution in [0.1, 0.15) is 44.8 Å². The highest BCUT2D eigenvalue weighted by Crippen LogP contribution is 2.25. The number of fused-ring (bicyclic) bond motifs is 1. The van der Waals surface area contributed by atoms with Crippen LogP contribution in [0.15, 0.2) is 29.0 Å². The predicted molar refractivity (Wildman–Crippen MR) is 101 cm³/mol. The van der Waals surface area contributed by atoms with E-state index in [2.05, 4.69) is 10.5 Å². The van der Waals surface area contributed by atoms with Crippen LogP contribution in [0.4, 0.5) is 5.69 Å². The highest BCUT2D eigenvalue weighted by atomic mass is 16.5. The molecule has 1 saturated heterocycles. The Labute approximate surface area is 158 Å². The minimum absolute atomic E-state index is 0.0168. The van der Waals surface area contributed by atoms with Crippen LogP contribution in [-0.2, 0) is 6.42 Å². The van der Waals surface area contributed by atoms with Crippen molar-refractivity contribution in [2.75, 3.05) is 32.0 Å². The van der Waals surface area contributed by atoms with Gasteiger partial charge in [0.2, 0.25) is 0 Å². The number of carbonyl (C=O) groups is 2. The van der Waals surface area contributed by atoms with Crippen molar-refractivity contribution < 1.29 is 14.1 Å². The summed E-state index contributed by atoms with van der Waals surface area (Å²) >= 11 is 0. The average molecular weight is 368 g/mol. The van der Waals surface area contributed by atoms with E-state index in [1.165, 1.54) is 11.8 Å². The van der Waals surface area contributed by atoms with Crippen molar-refractivity contribution in [1.29, 1.82) is 0 Å². The highest BCUT2D eigenvalue weighted by Gasteiger charge is 2.33. The summed E-state index contributed by atoms with van der Waals surface area (Å²) in [5.41, 5.74) is 4.12. The summed E-state index contributed by atoms with van der Waals surface area (Å²) in [6.07, 6.45) is 4.32. The number of carbonyl (C=O) groups excluding carboxylic acids is 2. The van der Waals surface area contributed by atoms with E-state index in [0.717, 1.165) is 42.6 Å². The van der Waals surface area contributed by atoms with Crippen molar-refractivity contribution >= 4 is 17.5 Å². The normalized spacial score (nSPS) is 18.7. The van der Waals surface area contributed by atoms with E-state index in [9.17, 15) is 9.59 Å². The second kappa shape index (κ2) is 7.06. The Bertz CT molecular complexity index is 876. The summed E-state index contributed by atoms with van der Waals surface area (Å²) in [4.78, 5) is 29.1.